The predicted octanol–water partition coefficient (Wildman–Crippen LogP) is 5.45. The van der Waals surface area contributed by atoms with Crippen LogP contribution in [0.2, 0.25) is 5.15 Å². The number of para-hydroxylation sites is 3. The monoisotopic (exact) mass is 370 g/mol. The maximum Gasteiger partial charge on any atom is 0.294 e. The van der Waals surface area contributed by atoms with Gasteiger partial charge in [0.1, 0.15) is 10.8 Å². The molecule has 1 N–H and O–H groups in total. The summed E-state index contributed by atoms with van der Waals surface area (Å²) in [7, 11) is 0. The zero-order chi connectivity index (χ0) is 18.5. The van der Waals surface area contributed by atoms with Crippen molar-refractivity contribution in [2.24, 2.45) is 5.10 Å². The van der Waals surface area contributed by atoms with E-state index in [2.05, 4.69) is 22.0 Å². The van der Waals surface area contributed by atoms with Gasteiger partial charge < -0.3 is 4.57 Å². The molecule has 6 nitrogen and oxygen atoms in total. The maximum atomic E-state index is 11.1. The number of anilines is 1. The Kier molecular flexibility index (Phi) is 5.53. The van der Waals surface area contributed by atoms with Gasteiger partial charge >= 0.3 is 0 Å². The largest absolute Gasteiger partial charge is 0.331 e. The van der Waals surface area contributed by atoms with Crippen molar-refractivity contribution in [1.29, 1.82) is 0 Å². The minimum Gasteiger partial charge on any atom is -0.331 e. The van der Waals surface area contributed by atoms with E-state index in [0.717, 1.165) is 35.9 Å². The van der Waals surface area contributed by atoms with Gasteiger partial charge in [-0.15, -0.1) is 0 Å². The first kappa shape index (κ1) is 17.9. The first-order valence-corrected chi connectivity index (χ1v) is 8.80. The summed E-state index contributed by atoms with van der Waals surface area (Å²) in [6.45, 7) is 2.97. The molecule has 3 rings (SSSR count). The Labute approximate surface area is 156 Å². The quantitative estimate of drug-likeness (QED) is 0.341. The van der Waals surface area contributed by atoms with Gasteiger partial charge in [0, 0.05) is 29.1 Å². The van der Waals surface area contributed by atoms with Crippen molar-refractivity contribution in [3.63, 3.8) is 0 Å². The third kappa shape index (κ3) is 3.55. The number of nitro benzene ring substituents is 1. The van der Waals surface area contributed by atoms with Gasteiger partial charge in [-0.1, -0.05) is 55.3 Å². The molecular weight excluding hydrogens is 352 g/mol. The second-order valence-corrected chi connectivity index (χ2v) is 6.23. The number of halogens is 1. The second kappa shape index (κ2) is 8.01. The normalized spacial score (nSPS) is 11.3. The molecule has 7 heteroatoms. The molecule has 1 heterocycles. The fourth-order valence-corrected chi connectivity index (χ4v) is 3.18. The lowest BCUT2D eigenvalue weighted by Crippen LogP contribution is -1.98. The van der Waals surface area contributed by atoms with E-state index in [9.17, 15) is 10.1 Å². The molecule has 0 amide bonds. The number of aryl methyl sites for hydroxylation is 1. The summed E-state index contributed by atoms with van der Waals surface area (Å²) >= 11 is 6.59. The first-order valence-electron chi connectivity index (χ1n) is 8.42. The highest BCUT2D eigenvalue weighted by Gasteiger charge is 2.14. The fraction of sp³-hybridized carbons (Fsp3) is 0.211. The van der Waals surface area contributed by atoms with Crippen molar-refractivity contribution in [3.8, 4) is 0 Å². The van der Waals surface area contributed by atoms with Crippen molar-refractivity contribution < 1.29 is 4.92 Å². The van der Waals surface area contributed by atoms with Crippen molar-refractivity contribution in [1.82, 2.24) is 4.57 Å². The number of nitrogens with one attached hydrogen (secondary N) is 1. The summed E-state index contributed by atoms with van der Waals surface area (Å²) in [5, 5.41) is 16.9. The number of unbranched alkanes of at least 4 members (excludes halogenated alkanes) is 1. The summed E-state index contributed by atoms with van der Waals surface area (Å²) in [6, 6.07) is 14.3. The van der Waals surface area contributed by atoms with E-state index in [1.165, 1.54) is 6.07 Å². The first-order chi connectivity index (χ1) is 12.6. The minimum absolute atomic E-state index is 0.0267. The van der Waals surface area contributed by atoms with Crippen LogP contribution < -0.4 is 5.43 Å². The van der Waals surface area contributed by atoms with Crippen LogP contribution in [0.1, 0.15) is 25.3 Å². The molecule has 0 aliphatic rings. The molecule has 0 bridgehead atoms. The van der Waals surface area contributed by atoms with Gasteiger partial charge in [-0.05, 0) is 18.6 Å². The molecule has 0 spiro atoms. The van der Waals surface area contributed by atoms with Gasteiger partial charge in [0.15, 0.2) is 0 Å². The van der Waals surface area contributed by atoms with Crippen LogP contribution in [-0.2, 0) is 6.54 Å². The minimum atomic E-state index is -0.443. The average Bonchev–Trinajstić information content (AvgIpc) is 2.92. The molecule has 134 valence electrons. The van der Waals surface area contributed by atoms with Crippen molar-refractivity contribution in [3.05, 3.63) is 69.4 Å². The molecule has 0 aliphatic carbocycles. The Bertz CT molecular complexity index is 965. The second-order valence-electron chi connectivity index (χ2n) is 5.87. The van der Waals surface area contributed by atoms with E-state index in [1.807, 2.05) is 24.3 Å². The van der Waals surface area contributed by atoms with Gasteiger partial charge in [-0.3, -0.25) is 15.5 Å². The molecule has 2 aromatic carbocycles. The van der Waals surface area contributed by atoms with Crippen LogP contribution in [0.25, 0.3) is 10.9 Å². The van der Waals surface area contributed by atoms with Crippen LogP contribution >= 0.6 is 11.6 Å². The highest BCUT2D eigenvalue weighted by Crippen LogP contribution is 2.29. The third-order valence-corrected chi connectivity index (χ3v) is 4.57. The molecule has 0 saturated heterocycles. The van der Waals surface area contributed by atoms with Crippen molar-refractivity contribution in [2.75, 3.05) is 5.43 Å². The van der Waals surface area contributed by atoms with Crippen LogP contribution in [0.4, 0.5) is 11.4 Å². The molecular formula is C19H19ClN4O2. The number of aromatic nitrogens is 1. The van der Waals surface area contributed by atoms with E-state index >= 15 is 0 Å². The maximum absolute atomic E-state index is 11.1. The summed E-state index contributed by atoms with van der Waals surface area (Å²) in [5.74, 6) is 0. The smallest absolute Gasteiger partial charge is 0.294 e. The van der Waals surface area contributed by atoms with E-state index in [4.69, 9.17) is 11.6 Å². The Morgan fingerprint density at radius 1 is 1.23 bits per heavy atom. The number of hydrogen-bond donors (Lipinski definition) is 1. The Hall–Kier alpha value is -2.86. The van der Waals surface area contributed by atoms with Gasteiger partial charge in [0.2, 0.25) is 0 Å². The number of hydrazone groups is 1. The fourth-order valence-electron chi connectivity index (χ4n) is 2.85. The Morgan fingerprint density at radius 2 is 1.96 bits per heavy atom. The zero-order valence-corrected chi connectivity index (χ0v) is 15.1. The van der Waals surface area contributed by atoms with Crippen LogP contribution in [0.3, 0.4) is 0 Å². The van der Waals surface area contributed by atoms with E-state index < -0.39 is 4.92 Å². The van der Waals surface area contributed by atoms with Gasteiger partial charge in [-0.2, -0.15) is 5.10 Å². The van der Waals surface area contributed by atoms with Crippen LogP contribution in [0.15, 0.2) is 53.6 Å². The molecule has 0 atom stereocenters. The number of nitrogens with zero attached hydrogens (tertiary/aromatic N) is 3. The number of fused-ring (bicyclic) bond motifs is 1. The topological polar surface area (TPSA) is 72.5 Å². The molecule has 3 aromatic rings. The molecule has 1 aromatic heterocycles. The van der Waals surface area contributed by atoms with Crippen molar-refractivity contribution >= 4 is 40.1 Å². The van der Waals surface area contributed by atoms with E-state index in [0.29, 0.717) is 10.8 Å². The predicted molar refractivity (Wildman–Crippen MR) is 106 cm³/mol. The molecule has 0 unspecified atom stereocenters. The highest BCUT2D eigenvalue weighted by atomic mass is 35.5. The summed E-state index contributed by atoms with van der Waals surface area (Å²) in [4.78, 5) is 10.6. The molecule has 0 aliphatic heterocycles. The standard InChI is InChI=1S/C19H19ClN4O2/c1-2-3-12-23-17-10-6-4-8-14(17)15(19(23)20)13-21-22-16-9-5-7-11-18(16)24(25)26/h4-11,13,22H,2-3,12H2,1H3/b21-13+. The number of nitro groups is 1. The Morgan fingerprint density at radius 3 is 2.73 bits per heavy atom. The molecule has 0 fully saturated rings. The lowest BCUT2D eigenvalue weighted by Gasteiger charge is -2.05. The van der Waals surface area contributed by atoms with Crippen LogP contribution in [-0.4, -0.2) is 15.7 Å². The van der Waals surface area contributed by atoms with Crippen LogP contribution in [0, 0.1) is 10.1 Å². The van der Waals surface area contributed by atoms with Crippen LogP contribution in [0.5, 0.6) is 0 Å². The number of benzene rings is 2. The van der Waals surface area contributed by atoms with Crippen molar-refractivity contribution in [2.45, 2.75) is 26.3 Å². The Balaban J connectivity index is 1.93. The van der Waals surface area contributed by atoms with E-state index in [-0.39, 0.29) is 5.69 Å². The molecule has 26 heavy (non-hydrogen) atoms. The molecule has 0 radical (unpaired) electrons. The van der Waals surface area contributed by atoms with Gasteiger partial charge in [-0.25, -0.2) is 0 Å². The van der Waals surface area contributed by atoms with Gasteiger partial charge in [0.25, 0.3) is 5.69 Å². The number of hydrogen-bond acceptors (Lipinski definition) is 4. The lowest BCUT2D eigenvalue weighted by atomic mass is 10.2. The van der Waals surface area contributed by atoms with E-state index in [1.54, 1.807) is 24.4 Å². The SMILES string of the molecule is CCCCn1c(Cl)c(/C=N/Nc2ccccc2[N+](=O)[O-])c2ccccc21. The molecule has 0 saturated carbocycles. The zero-order valence-electron chi connectivity index (χ0n) is 14.4. The summed E-state index contributed by atoms with van der Waals surface area (Å²) in [5.41, 5.74) is 4.90. The van der Waals surface area contributed by atoms with Gasteiger partial charge in [0.05, 0.1) is 11.1 Å². The third-order valence-electron chi connectivity index (χ3n) is 4.16. The number of rotatable bonds is 7. The average molecular weight is 371 g/mol. The summed E-state index contributed by atoms with van der Waals surface area (Å²) in [6.07, 6.45) is 3.72. The lowest BCUT2D eigenvalue weighted by molar-refractivity contribution is -0.384. The highest BCUT2D eigenvalue weighted by molar-refractivity contribution is 6.34. The summed E-state index contributed by atoms with van der Waals surface area (Å²) < 4.78 is 2.08.